The summed E-state index contributed by atoms with van der Waals surface area (Å²) in [6.07, 6.45) is 3.95. The fourth-order valence-corrected chi connectivity index (χ4v) is 3.34. The van der Waals surface area contributed by atoms with Gasteiger partial charge >= 0.3 is 0 Å². The molecule has 2 heterocycles. The summed E-state index contributed by atoms with van der Waals surface area (Å²) in [6.45, 7) is 0.582. The van der Waals surface area contributed by atoms with Crippen LogP contribution in [0.25, 0.3) is 11.3 Å². The first-order valence-corrected chi connectivity index (χ1v) is 9.01. The molecule has 0 radical (unpaired) electrons. The Morgan fingerprint density at radius 3 is 2.30 bits per heavy atom. The van der Waals surface area contributed by atoms with Crippen LogP contribution in [0.15, 0.2) is 89.7 Å². The van der Waals surface area contributed by atoms with Gasteiger partial charge in [0.05, 0.1) is 17.6 Å². The highest BCUT2D eigenvalue weighted by atomic mass is 35.5. The van der Waals surface area contributed by atoms with Gasteiger partial charge in [-0.1, -0.05) is 60.1 Å². The Kier molecular flexibility index (Phi) is 4.90. The third-order valence-corrected chi connectivity index (χ3v) is 4.79. The van der Waals surface area contributed by atoms with E-state index >= 15 is 0 Å². The van der Waals surface area contributed by atoms with Gasteiger partial charge in [-0.2, -0.15) is 5.16 Å². The summed E-state index contributed by atoms with van der Waals surface area (Å²) < 4.78 is 7.12. The fourth-order valence-electron chi connectivity index (χ4n) is 3.22. The van der Waals surface area contributed by atoms with Crippen LogP contribution in [0.2, 0.25) is 5.02 Å². The van der Waals surface area contributed by atoms with Crippen LogP contribution in [0, 0.1) is 0 Å². The largest absolute Gasteiger partial charge is 0.544 e. The molecule has 0 aliphatic rings. The lowest BCUT2D eigenvalue weighted by Crippen LogP contribution is -2.36. The van der Waals surface area contributed by atoms with Crippen LogP contribution >= 0.6 is 11.6 Å². The minimum Gasteiger partial charge on any atom is -0.544 e. The maximum atomic E-state index is 12.6. The van der Waals surface area contributed by atoms with E-state index in [9.17, 15) is 5.11 Å². The molecule has 0 aliphatic carbocycles. The molecule has 0 fully saturated rings. The van der Waals surface area contributed by atoms with E-state index in [0.29, 0.717) is 22.8 Å². The topological polar surface area (TPSA) is 53.0 Å². The molecule has 27 heavy (non-hydrogen) atoms. The van der Waals surface area contributed by atoms with E-state index in [-0.39, 0.29) is 5.92 Å². The number of halogens is 1. The van der Waals surface area contributed by atoms with E-state index in [0.717, 1.165) is 11.1 Å². The van der Waals surface area contributed by atoms with Gasteiger partial charge in [0.15, 0.2) is 18.9 Å². The van der Waals surface area contributed by atoms with E-state index in [1.165, 1.54) is 0 Å². The Morgan fingerprint density at radius 2 is 1.59 bits per heavy atom. The summed E-state index contributed by atoms with van der Waals surface area (Å²) in [7, 11) is 0. The van der Waals surface area contributed by atoms with E-state index < -0.39 is 5.95 Å². The average molecular weight is 377 g/mol. The third-order valence-electron chi connectivity index (χ3n) is 4.53. The number of rotatable bonds is 5. The average Bonchev–Trinajstić information content (AvgIpc) is 3.10. The molecule has 0 N–H and O–H groups in total. The van der Waals surface area contributed by atoms with Gasteiger partial charge in [0, 0.05) is 28.3 Å². The van der Waals surface area contributed by atoms with E-state index in [2.05, 4.69) is 5.16 Å². The highest BCUT2D eigenvalue weighted by Gasteiger charge is 2.26. The monoisotopic (exact) mass is 376 g/mol. The molecule has 4 rings (SSSR count). The van der Waals surface area contributed by atoms with Crippen molar-refractivity contribution in [3.8, 4) is 17.2 Å². The van der Waals surface area contributed by atoms with Gasteiger partial charge in [-0.25, -0.2) is 4.57 Å². The summed E-state index contributed by atoms with van der Waals surface area (Å²) >= 11 is 6.06. The van der Waals surface area contributed by atoms with Crippen molar-refractivity contribution in [1.29, 1.82) is 0 Å². The lowest BCUT2D eigenvalue weighted by molar-refractivity contribution is -0.698. The Morgan fingerprint density at radius 1 is 0.926 bits per heavy atom. The molecule has 1 unspecified atom stereocenters. The number of pyridine rings is 1. The second-order valence-corrected chi connectivity index (χ2v) is 6.71. The normalized spacial score (nSPS) is 12.0. The lowest BCUT2D eigenvalue weighted by Gasteiger charge is -2.17. The van der Waals surface area contributed by atoms with E-state index in [1.807, 2.05) is 89.8 Å². The fraction of sp³-hybridized carbons (Fsp3) is 0.0909. The number of hydrogen-bond donors (Lipinski definition) is 0. The van der Waals surface area contributed by atoms with Crippen molar-refractivity contribution < 1.29 is 14.2 Å². The number of hydrogen-bond acceptors (Lipinski definition) is 3. The van der Waals surface area contributed by atoms with Gasteiger partial charge in [-0.3, -0.25) is 0 Å². The molecule has 0 aliphatic heterocycles. The maximum Gasteiger partial charge on any atom is 0.168 e. The number of nitrogens with zero attached hydrogens (tertiary/aromatic N) is 2. The van der Waals surface area contributed by atoms with Crippen molar-refractivity contribution in [3.05, 3.63) is 101 Å². The van der Waals surface area contributed by atoms with Crippen molar-refractivity contribution >= 4 is 11.6 Å². The molecule has 0 bridgehead atoms. The minimum atomic E-state index is -0.412. The highest BCUT2D eigenvalue weighted by molar-refractivity contribution is 6.30. The van der Waals surface area contributed by atoms with Gasteiger partial charge in [-0.15, -0.1) is 0 Å². The van der Waals surface area contributed by atoms with Crippen molar-refractivity contribution in [2.24, 2.45) is 0 Å². The van der Waals surface area contributed by atoms with Crippen molar-refractivity contribution in [3.63, 3.8) is 0 Å². The van der Waals surface area contributed by atoms with Gasteiger partial charge in [-0.05, 0) is 17.7 Å². The van der Waals surface area contributed by atoms with Crippen LogP contribution < -0.4 is 9.67 Å². The predicted octanol–water partition coefficient (Wildman–Crippen LogP) is 4.19. The van der Waals surface area contributed by atoms with Gasteiger partial charge in [0.2, 0.25) is 0 Å². The zero-order chi connectivity index (χ0) is 18.6. The van der Waals surface area contributed by atoms with Gasteiger partial charge in [0.1, 0.15) is 0 Å². The summed E-state index contributed by atoms with van der Waals surface area (Å²) in [5, 5.41) is 17.3. The summed E-state index contributed by atoms with van der Waals surface area (Å²) in [6, 6.07) is 23.0. The summed E-state index contributed by atoms with van der Waals surface area (Å²) in [5.41, 5.74) is 2.97. The molecule has 0 saturated carbocycles. The summed E-state index contributed by atoms with van der Waals surface area (Å²) in [5.74, 6) is -0.631. The van der Waals surface area contributed by atoms with Gasteiger partial charge in [0.25, 0.3) is 0 Å². The third kappa shape index (κ3) is 3.71. The molecule has 4 aromatic rings. The Hall–Kier alpha value is -3.11. The number of aromatic nitrogens is 2. The molecule has 2 aromatic heterocycles. The molecule has 5 heteroatoms. The standard InChI is InChI=1S/C22H17ClN2O2/c23-18-11-9-16(10-12-18)19(15-25-13-5-2-6-14-25)20-21(24-27-22(20)26)17-7-3-1-4-8-17/h1-14,19H,15H2. The smallest absolute Gasteiger partial charge is 0.168 e. The van der Waals surface area contributed by atoms with E-state index in [1.54, 1.807) is 0 Å². The Bertz CT molecular complexity index is 1020. The molecular formula is C22H17ClN2O2. The summed E-state index contributed by atoms with van der Waals surface area (Å²) in [4.78, 5) is 0. The Labute approximate surface area is 162 Å². The lowest BCUT2D eigenvalue weighted by atomic mass is 9.89. The first-order chi connectivity index (χ1) is 13.2. The molecule has 0 amide bonds. The van der Waals surface area contributed by atoms with Crippen LogP contribution in [-0.4, -0.2) is 5.16 Å². The second kappa shape index (κ2) is 7.64. The first-order valence-electron chi connectivity index (χ1n) is 8.64. The first kappa shape index (κ1) is 17.3. The van der Waals surface area contributed by atoms with Crippen molar-refractivity contribution in [2.75, 3.05) is 0 Å². The molecule has 2 aromatic carbocycles. The molecule has 4 nitrogen and oxygen atoms in total. The van der Waals surface area contributed by atoms with Crippen molar-refractivity contribution in [1.82, 2.24) is 5.16 Å². The zero-order valence-electron chi connectivity index (χ0n) is 14.5. The minimum absolute atomic E-state index is 0.219. The highest BCUT2D eigenvalue weighted by Crippen LogP contribution is 2.38. The van der Waals surface area contributed by atoms with Crippen LogP contribution in [0.1, 0.15) is 17.0 Å². The second-order valence-electron chi connectivity index (χ2n) is 6.27. The van der Waals surface area contributed by atoms with Crippen LogP contribution in [0.3, 0.4) is 0 Å². The van der Waals surface area contributed by atoms with Crippen molar-refractivity contribution in [2.45, 2.75) is 12.5 Å². The molecular weight excluding hydrogens is 360 g/mol. The predicted molar refractivity (Wildman–Crippen MR) is 101 cm³/mol. The molecule has 0 saturated heterocycles. The van der Waals surface area contributed by atoms with Crippen LogP contribution in [0.4, 0.5) is 0 Å². The molecule has 1 atom stereocenters. The zero-order valence-corrected chi connectivity index (χ0v) is 15.2. The van der Waals surface area contributed by atoms with Crippen LogP contribution in [0.5, 0.6) is 5.95 Å². The quantitative estimate of drug-likeness (QED) is 0.491. The van der Waals surface area contributed by atoms with Gasteiger partial charge < -0.3 is 9.63 Å². The number of benzene rings is 2. The maximum absolute atomic E-state index is 12.6. The molecule has 0 spiro atoms. The molecule has 134 valence electrons. The SMILES string of the molecule is [O-]c1onc(-c2ccccc2)c1C(C[n+]1ccccc1)c1ccc(Cl)cc1. The van der Waals surface area contributed by atoms with E-state index in [4.69, 9.17) is 16.1 Å². The Balaban J connectivity index is 1.84. The van der Waals surface area contributed by atoms with Crippen LogP contribution in [-0.2, 0) is 6.54 Å².